The molecule has 4 aromatic rings. The Morgan fingerprint density at radius 3 is 2.23 bits per heavy atom. The number of nitrogens with one attached hydrogen (secondary N) is 4. The Kier molecular flexibility index (Phi) is 20.9. The van der Waals surface area contributed by atoms with Crippen LogP contribution in [0.2, 0.25) is 0 Å². The fourth-order valence-corrected chi connectivity index (χ4v) is 7.23. The predicted molar refractivity (Wildman–Crippen MR) is 242 cm³/mol. The number of hydrogen-bond donors (Lipinski definition) is 7. The van der Waals surface area contributed by atoms with Gasteiger partial charge in [-0.25, -0.2) is 23.8 Å². The Balaban J connectivity index is 0.000000371. The van der Waals surface area contributed by atoms with Gasteiger partial charge in [-0.15, -0.1) is 0 Å². The van der Waals surface area contributed by atoms with Crippen LogP contribution in [0.3, 0.4) is 0 Å². The average molecular weight is 1160 g/mol. The van der Waals surface area contributed by atoms with E-state index in [2.05, 4.69) is 26.0 Å². The first-order valence-electron chi connectivity index (χ1n) is 21.6. The van der Waals surface area contributed by atoms with E-state index in [1.807, 2.05) is 34.6 Å². The fourth-order valence-electron chi connectivity index (χ4n) is 7.23. The Bertz CT molecular complexity index is 2430. The van der Waals surface area contributed by atoms with Crippen molar-refractivity contribution in [1.82, 2.24) is 25.5 Å². The number of halogens is 1. The van der Waals surface area contributed by atoms with Gasteiger partial charge in [0.15, 0.2) is 6.10 Å². The normalized spacial score (nSPS) is 13.7. The molecule has 7 rings (SSSR count). The van der Waals surface area contributed by atoms with Crippen LogP contribution in [-0.2, 0) is 61.3 Å². The number of primary amides is 2. The Morgan fingerprint density at radius 1 is 1.00 bits per heavy atom. The third-order valence-electron chi connectivity index (χ3n) is 10.3. The van der Waals surface area contributed by atoms with Crippen molar-refractivity contribution in [3.63, 3.8) is 0 Å². The Morgan fingerprint density at radius 2 is 1.65 bits per heavy atom. The fraction of sp³-hybridized carbons (Fsp3) is 0.435. The molecule has 3 aliphatic rings. The van der Waals surface area contributed by atoms with Crippen molar-refractivity contribution in [2.45, 2.75) is 113 Å². The van der Waals surface area contributed by atoms with Crippen molar-refractivity contribution in [1.29, 1.82) is 0 Å². The summed E-state index contributed by atoms with van der Waals surface area (Å²) in [6, 6.07) is 8.50. The summed E-state index contributed by atoms with van der Waals surface area (Å²) in [5.74, 6) is -2.06. The van der Waals surface area contributed by atoms with Crippen molar-refractivity contribution in [2.24, 2.45) is 17.4 Å². The molecule has 20 heteroatoms. The quantitative estimate of drug-likeness (QED) is 0.0546. The number of rotatable bonds is 11. The standard InChI is InChI=1S/C22H17FN2O4.C16H21N4O5.C4H10N2O.2C2H6.Fm/c1-9-10-3-2-4-11-13-7-25-17(19(13)24-16(18(10)11)6-15(9)23)5-12-14(21(25)27)8-29-22(28)20(12)26;1-10(2)14(19-9-21)15(23)18-7-13(22)20-12-5-3-11(4-6-12)8-25-16(17)24;1-2-3-6-4(5)7;2*1-2;/h5-6,20,26H,2-4,7-8H2,1H3;3-6,10,14H,7-8H2,1-2H3,(H2,17,24)(H,18,23)(H,19,21)(H,20,22);2-3H2,1H3,(H3,5,6,7);2*1-2H3;/q;-1;;;;. The second-order valence-electron chi connectivity index (χ2n) is 14.8. The molecule has 1 aliphatic carbocycles. The summed E-state index contributed by atoms with van der Waals surface area (Å²) in [6.45, 7) is 16.0. The van der Waals surface area contributed by atoms with Crippen molar-refractivity contribution < 1.29 is 47.7 Å². The third-order valence-corrected chi connectivity index (χ3v) is 10.3. The summed E-state index contributed by atoms with van der Waals surface area (Å²) in [6.07, 6.45) is 2.66. The number of carbonyl (C=O) groups is 5. The van der Waals surface area contributed by atoms with Crippen molar-refractivity contribution in [3.8, 4) is 11.4 Å². The topological polar surface area (TPSA) is 276 Å². The number of carbonyl (C=O) groups excluding carboxylic acids is 6. The van der Waals surface area contributed by atoms with Gasteiger partial charge in [-0.2, -0.15) is 6.41 Å². The van der Waals surface area contributed by atoms with Crippen LogP contribution in [0.1, 0.15) is 106 Å². The number of cyclic esters (lactones) is 1. The molecule has 6 amide bonds. The summed E-state index contributed by atoms with van der Waals surface area (Å²) in [5, 5.41) is 21.0. The predicted octanol–water partition coefficient (Wildman–Crippen LogP) is 4.59. The number of aliphatic hydroxyl groups is 1. The monoisotopic (exact) mass is 1160 g/mol. The SMILES string of the molecule is CC.CC.CC(C)C(N[C-]=O)C(=O)NCC(=O)Nc1ccc(COC(N)=O)cc1.CCCNC(N)=O.Cc1c(F)cc2nc3c(c4c2c1CCC4)Cn1c-3cc2c(c1=O)COC(=O)C2O.[Fm]. The number of aryl methyl sites for hydroxylation is 2. The van der Waals surface area contributed by atoms with Gasteiger partial charge in [-0.3, -0.25) is 14.4 Å². The van der Waals surface area contributed by atoms with Crippen LogP contribution in [-0.4, -0.2) is 70.1 Å². The first kappa shape index (κ1) is 54.2. The number of nitrogens with two attached hydrogens (primary N) is 2. The number of ether oxygens (including phenoxy) is 2. The largest absolute Gasteiger partial charge is 0.520 e. The molecule has 0 saturated heterocycles. The van der Waals surface area contributed by atoms with Gasteiger partial charge >= 0.3 is 18.1 Å². The second-order valence-corrected chi connectivity index (χ2v) is 14.8. The minimum Gasteiger partial charge on any atom is -0.520 e. The summed E-state index contributed by atoms with van der Waals surface area (Å²) in [4.78, 5) is 84.1. The maximum atomic E-state index is 14.5. The molecule has 18 nitrogen and oxygen atoms in total. The van der Waals surface area contributed by atoms with Crippen LogP contribution in [0.4, 0.5) is 19.7 Å². The Labute approximate surface area is 377 Å². The molecular formula is C46H60FFmN8O10-. The summed E-state index contributed by atoms with van der Waals surface area (Å²) in [5.41, 5.74) is 16.7. The molecule has 0 radical (unpaired) electrons. The molecule has 364 valence electrons. The van der Waals surface area contributed by atoms with E-state index >= 15 is 0 Å². The molecule has 4 heterocycles. The molecule has 66 heavy (non-hydrogen) atoms. The average Bonchev–Trinajstić information content (AvgIpc) is 3.67. The van der Waals surface area contributed by atoms with E-state index in [0.717, 1.165) is 47.8 Å². The smallest absolute Gasteiger partial charge is 0.404 e. The van der Waals surface area contributed by atoms with Crippen molar-refractivity contribution in [3.05, 3.63) is 91.5 Å². The van der Waals surface area contributed by atoms with E-state index in [-0.39, 0.29) is 42.6 Å². The van der Waals surface area contributed by atoms with Crippen LogP contribution in [0.5, 0.6) is 0 Å². The van der Waals surface area contributed by atoms with E-state index in [9.17, 15) is 43.1 Å². The second kappa shape index (κ2) is 25.4. The molecule has 2 unspecified atom stereocenters. The number of pyridine rings is 2. The van der Waals surface area contributed by atoms with Gasteiger partial charge in [0.2, 0.25) is 11.8 Å². The minimum atomic E-state index is -1.48. The van der Waals surface area contributed by atoms with Gasteiger partial charge in [-0.1, -0.05) is 60.6 Å². The number of nitrogens with zero attached hydrogens (tertiary/aromatic N) is 2. The molecule has 0 fully saturated rings. The maximum Gasteiger partial charge on any atom is 0.404 e. The number of esters is 1. The van der Waals surface area contributed by atoms with Crippen LogP contribution >= 0.6 is 0 Å². The molecule has 0 saturated carbocycles. The first-order chi connectivity index (χ1) is 31.1. The zero-order valence-corrected chi connectivity index (χ0v) is 40.8. The number of anilines is 1. The van der Waals surface area contributed by atoms with E-state index in [4.69, 9.17) is 21.2 Å². The number of urea groups is 1. The molecule has 2 aromatic carbocycles. The van der Waals surface area contributed by atoms with Crippen molar-refractivity contribution >= 4 is 52.9 Å². The van der Waals surface area contributed by atoms with Crippen LogP contribution in [0, 0.1) is 18.7 Å². The number of fused-ring (bicyclic) bond motifs is 5. The van der Waals surface area contributed by atoms with Crippen LogP contribution in [0.25, 0.3) is 22.3 Å². The summed E-state index contributed by atoms with van der Waals surface area (Å²) >= 11 is 0. The van der Waals surface area contributed by atoms with Gasteiger partial charge in [0, 0.05) is 34.8 Å². The van der Waals surface area contributed by atoms with Gasteiger partial charge in [0.25, 0.3) is 5.56 Å². The van der Waals surface area contributed by atoms with E-state index in [1.54, 1.807) is 55.7 Å². The molecule has 2 aromatic heterocycles. The molecule has 9 N–H and O–H groups in total. The zero-order valence-electron chi connectivity index (χ0n) is 38.4. The number of amides is 6. The number of benzene rings is 2. The number of aliphatic hydroxyl groups excluding tert-OH is 1. The van der Waals surface area contributed by atoms with E-state index in [0.29, 0.717) is 52.4 Å². The third kappa shape index (κ3) is 13.1. The van der Waals surface area contributed by atoms with Gasteiger partial charge in [0.1, 0.15) is 19.0 Å². The van der Waals surface area contributed by atoms with Crippen LogP contribution in [0.15, 0.2) is 41.2 Å². The van der Waals surface area contributed by atoms with Crippen molar-refractivity contribution in [2.75, 3.05) is 18.4 Å². The molecule has 2 aliphatic heterocycles. The van der Waals surface area contributed by atoms with Gasteiger partial charge in [0.05, 0.1) is 41.6 Å². The van der Waals surface area contributed by atoms with Crippen LogP contribution < -0.4 is 38.3 Å². The van der Waals surface area contributed by atoms with E-state index < -0.39 is 42.1 Å². The zero-order chi connectivity index (χ0) is 48.5. The molecule has 0 bridgehead atoms. The molecule has 0 spiro atoms. The molecular weight excluding hydrogens is 1100 g/mol. The maximum absolute atomic E-state index is 14.5. The van der Waals surface area contributed by atoms with Gasteiger partial charge < -0.3 is 56.7 Å². The summed E-state index contributed by atoms with van der Waals surface area (Å²) < 4.78 is 25.7. The first-order valence-corrected chi connectivity index (χ1v) is 21.6. The number of aromatic nitrogens is 2. The number of hydrogen-bond acceptors (Lipinski definition) is 11. The Hall–Kier alpha value is -7.89. The minimum absolute atomic E-state index is 0. The summed E-state index contributed by atoms with van der Waals surface area (Å²) in [7, 11) is 0. The molecule has 2 atom stereocenters. The van der Waals surface area contributed by atoms with Gasteiger partial charge in [-0.05, 0) is 79.0 Å². The van der Waals surface area contributed by atoms with E-state index in [1.165, 1.54) is 12.5 Å².